The highest BCUT2D eigenvalue weighted by molar-refractivity contribution is 7.88. The fourth-order valence-electron chi connectivity index (χ4n) is 2.68. The molecule has 1 saturated heterocycles. The summed E-state index contributed by atoms with van der Waals surface area (Å²) in [6.45, 7) is 2.50. The lowest BCUT2D eigenvalue weighted by molar-refractivity contribution is -0.182. The van der Waals surface area contributed by atoms with Crippen LogP contribution in [0.5, 0.6) is 0 Å². The Hall–Kier alpha value is -1.16. The summed E-state index contributed by atoms with van der Waals surface area (Å²) in [5.74, 6) is -0.328. The fraction of sp³-hybridized carbons (Fsp3) is 0.600. The minimum Gasteiger partial charge on any atom is -0.314 e. The van der Waals surface area contributed by atoms with Gasteiger partial charge in [-0.3, -0.25) is 4.90 Å². The molecule has 1 aliphatic rings. The number of rotatable bonds is 6. The Labute approximate surface area is 140 Å². The predicted molar refractivity (Wildman–Crippen MR) is 86.1 cm³/mol. The molecule has 24 heavy (non-hydrogen) atoms. The second kappa shape index (κ2) is 7.81. The molecule has 0 radical (unpaired) electrons. The topological polar surface area (TPSA) is 61.4 Å². The van der Waals surface area contributed by atoms with Crippen molar-refractivity contribution >= 4 is 10.0 Å². The third-order valence-corrected chi connectivity index (χ3v) is 5.37. The number of sulfonamides is 1. The number of nitrogens with one attached hydrogen (secondary N) is 2. The maximum atomic E-state index is 13.3. The Morgan fingerprint density at radius 2 is 1.88 bits per heavy atom. The molecule has 1 aliphatic heterocycles. The Morgan fingerprint density at radius 3 is 2.46 bits per heavy atom. The summed E-state index contributed by atoms with van der Waals surface area (Å²) in [6.07, 6.45) is -4.48. The lowest BCUT2D eigenvalue weighted by Gasteiger charge is -2.35. The van der Waals surface area contributed by atoms with E-state index in [0.29, 0.717) is 18.7 Å². The summed E-state index contributed by atoms with van der Waals surface area (Å²) in [5, 5.41) is 2.98. The van der Waals surface area contributed by atoms with Crippen molar-refractivity contribution in [3.8, 4) is 0 Å². The first-order chi connectivity index (χ1) is 11.2. The van der Waals surface area contributed by atoms with Gasteiger partial charge in [0.1, 0.15) is 6.04 Å². The second-order valence-electron chi connectivity index (χ2n) is 5.88. The van der Waals surface area contributed by atoms with Gasteiger partial charge in [0.15, 0.2) is 0 Å². The molecule has 2 N–H and O–H groups in total. The molecular formula is C15H22F3N3O2S. The summed E-state index contributed by atoms with van der Waals surface area (Å²) < 4.78 is 66.3. The van der Waals surface area contributed by atoms with E-state index in [1.165, 1.54) is 4.90 Å². The number of hydrogen-bond donors (Lipinski definition) is 2. The van der Waals surface area contributed by atoms with E-state index in [-0.39, 0.29) is 18.8 Å². The summed E-state index contributed by atoms with van der Waals surface area (Å²) in [7, 11) is -3.84. The number of nitrogens with zero attached hydrogens (tertiary/aromatic N) is 1. The van der Waals surface area contributed by atoms with Crippen molar-refractivity contribution < 1.29 is 21.6 Å². The highest BCUT2D eigenvalue weighted by Crippen LogP contribution is 2.25. The molecule has 0 aliphatic carbocycles. The summed E-state index contributed by atoms with van der Waals surface area (Å²) in [5.41, 5.74) is 1.37. The molecule has 0 spiro atoms. The zero-order valence-corrected chi connectivity index (χ0v) is 14.3. The van der Waals surface area contributed by atoms with Crippen molar-refractivity contribution in [3.63, 3.8) is 0 Å². The average Bonchev–Trinajstić information content (AvgIpc) is 2.49. The molecule has 5 nitrogen and oxygen atoms in total. The van der Waals surface area contributed by atoms with Crippen molar-refractivity contribution in [2.24, 2.45) is 0 Å². The van der Waals surface area contributed by atoms with E-state index < -0.39 is 28.8 Å². The lowest BCUT2D eigenvalue weighted by Crippen LogP contribution is -2.57. The minimum atomic E-state index is -4.48. The number of halogens is 3. The van der Waals surface area contributed by atoms with Crippen molar-refractivity contribution in [3.05, 3.63) is 35.4 Å². The van der Waals surface area contributed by atoms with E-state index >= 15 is 0 Å². The summed E-state index contributed by atoms with van der Waals surface area (Å²) in [4.78, 5) is 1.27. The number of piperazine rings is 1. The summed E-state index contributed by atoms with van der Waals surface area (Å²) >= 11 is 0. The van der Waals surface area contributed by atoms with Gasteiger partial charge in [0, 0.05) is 32.7 Å². The molecule has 1 atom stereocenters. The molecule has 0 saturated carbocycles. The second-order valence-corrected chi connectivity index (χ2v) is 7.68. The van der Waals surface area contributed by atoms with Crippen LogP contribution in [0.15, 0.2) is 24.3 Å². The lowest BCUT2D eigenvalue weighted by atomic mass is 10.1. The maximum absolute atomic E-state index is 13.3. The van der Waals surface area contributed by atoms with Gasteiger partial charge >= 0.3 is 6.18 Å². The highest BCUT2D eigenvalue weighted by Gasteiger charge is 2.44. The first kappa shape index (κ1) is 19.2. The zero-order valence-electron chi connectivity index (χ0n) is 13.4. The highest BCUT2D eigenvalue weighted by atomic mass is 32.2. The molecule has 0 amide bonds. The molecular weight excluding hydrogens is 343 g/mol. The van der Waals surface area contributed by atoms with E-state index in [1.807, 2.05) is 0 Å². The van der Waals surface area contributed by atoms with Crippen LogP contribution in [0.4, 0.5) is 13.2 Å². The average molecular weight is 365 g/mol. The first-order valence-electron chi connectivity index (χ1n) is 7.72. The van der Waals surface area contributed by atoms with Crippen molar-refractivity contribution in [1.29, 1.82) is 0 Å². The van der Waals surface area contributed by atoms with Crippen molar-refractivity contribution in [2.75, 3.05) is 32.7 Å². The Morgan fingerprint density at radius 1 is 1.25 bits per heavy atom. The number of hydrogen-bond acceptors (Lipinski definition) is 4. The SMILES string of the molecule is Cc1ccccc1CS(=O)(=O)NCC(N1CCNCC1)C(F)(F)F. The molecule has 0 aromatic heterocycles. The van der Waals surface area contributed by atoms with Crippen LogP contribution in [0.3, 0.4) is 0 Å². The Balaban J connectivity index is 2.03. The van der Waals surface area contributed by atoms with E-state index in [1.54, 1.807) is 31.2 Å². The van der Waals surface area contributed by atoms with E-state index in [4.69, 9.17) is 0 Å². The first-order valence-corrected chi connectivity index (χ1v) is 9.37. The Kier molecular flexibility index (Phi) is 6.24. The number of aryl methyl sites for hydroxylation is 1. The van der Waals surface area contributed by atoms with Crippen LogP contribution in [0, 0.1) is 6.92 Å². The third-order valence-electron chi connectivity index (χ3n) is 4.07. The number of benzene rings is 1. The van der Waals surface area contributed by atoms with Crippen LogP contribution in [0.1, 0.15) is 11.1 Å². The van der Waals surface area contributed by atoms with Gasteiger partial charge in [-0.25, -0.2) is 13.1 Å². The van der Waals surface area contributed by atoms with Crippen LogP contribution in [-0.4, -0.2) is 58.3 Å². The summed E-state index contributed by atoms with van der Waals surface area (Å²) in [6, 6.07) is 5.10. The normalized spacial score (nSPS) is 18.5. The molecule has 1 heterocycles. The smallest absolute Gasteiger partial charge is 0.314 e. The van der Waals surface area contributed by atoms with Crippen LogP contribution in [0.25, 0.3) is 0 Å². The van der Waals surface area contributed by atoms with Gasteiger partial charge in [0.25, 0.3) is 0 Å². The molecule has 0 bridgehead atoms. The van der Waals surface area contributed by atoms with Gasteiger partial charge in [0.2, 0.25) is 10.0 Å². The van der Waals surface area contributed by atoms with Crippen molar-refractivity contribution in [1.82, 2.24) is 14.9 Å². The van der Waals surface area contributed by atoms with Gasteiger partial charge < -0.3 is 5.32 Å². The van der Waals surface area contributed by atoms with Crippen LogP contribution < -0.4 is 10.0 Å². The molecule has 9 heteroatoms. The Bertz CT molecular complexity index is 644. The molecule has 1 fully saturated rings. The molecule has 1 aromatic rings. The van der Waals surface area contributed by atoms with E-state index in [0.717, 1.165) is 5.56 Å². The van der Waals surface area contributed by atoms with Gasteiger partial charge in [-0.05, 0) is 18.1 Å². The molecule has 1 aromatic carbocycles. The quantitative estimate of drug-likeness (QED) is 0.797. The minimum absolute atomic E-state index is 0.240. The van der Waals surface area contributed by atoms with Gasteiger partial charge in [0.05, 0.1) is 5.75 Å². The largest absolute Gasteiger partial charge is 0.405 e. The molecule has 1 unspecified atom stereocenters. The monoisotopic (exact) mass is 365 g/mol. The van der Waals surface area contributed by atoms with Crippen molar-refractivity contribution in [2.45, 2.75) is 24.9 Å². The van der Waals surface area contributed by atoms with Crippen LogP contribution in [-0.2, 0) is 15.8 Å². The fourth-order valence-corrected chi connectivity index (χ4v) is 3.93. The van der Waals surface area contributed by atoms with Crippen LogP contribution in [0.2, 0.25) is 0 Å². The third kappa shape index (κ3) is 5.44. The van der Waals surface area contributed by atoms with Gasteiger partial charge in [-0.1, -0.05) is 24.3 Å². The molecule has 136 valence electrons. The predicted octanol–water partition coefficient (Wildman–Crippen LogP) is 1.25. The maximum Gasteiger partial charge on any atom is 0.405 e. The van der Waals surface area contributed by atoms with E-state index in [2.05, 4.69) is 10.0 Å². The standard InChI is InChI=1S/C15H22F3N3O2S/c1-12-4-2-3-5-13(12)11-24(22,23)20-10-14(15(16,17)18)21-8-6-19-7-9-21/h2-5,14,19-20H,6-11H2,1H3. The zero-order chi connectivity index (χ0) is 17.8. The van der Waals surface area contributed by atoms with Gasteiger partial charge in [-0.15, -0.1) is 0 Å². The van der Waals surface area contributed by atoms with E-state index in [9.17, 15) is 21.6 Å². The molecule has 2 rings (SSSR count). The van der Waals surface area contributed by atoms with Crippen LogP contribution >= 0.6 is 0 Å². The van der Waals surface area contributed by atoms with Gasteiger partial charge in [-0.2, -0.15) is 13.2 Å². The number of alkyl halides is 3.